The molecule has 0 aliphatic rings. The van der Waals surface area contributed by atoms with E-state index in [-0.39, 0.29) is 0 Å². The first-order valence-electron chi connectivity index (χ1n) is 4.12. The monoisotopic (exact) mass is 193 g/mol. The minimum Gasteiger partial charge on any atom is -0.223 e. The molecular formula is C9H11N3S. The van der Waals surface area contributed by atoms with Gasteiger partial charge in [-0.25, -0.2) is 9.67 Å². The fourth-order valence-electron chi connectivity index (χ4n) is 1.07. The van der Waals surface area contributed by atoms with Crippen LogP contribution in [0.2, 0.25) is 0 Å². The van der Waals surface area contributed by atoms with Crippen LogP contribution in [0.25, 0.3) is 5.13 Å². The zero-order valence-corrected chi connectivity index (χ0v) is 8.72. The second-order valence-electron chi connectivity index (χ2n) is 3.10. The summed E-state index contributed by atoms with van der Waals surface area (Å²) in [6.07, 6.45) is 3.82. The molecule has 0 spiro atoms. The second-order valence-corrected chi connectivity index (χ2v) is 4.28. The van der Waals surface area contributed by atoms with Gasteiger partial charge in [0.05, 0.1) is 11.9 Å². The average molecular weight is 193 g/mol. The molecule has 0 aliphatic carbocycles. The number of nitrogens with zero attached hydrogens (tertiary/aromatic N) is 3. The first-order valence-corrected chi connectivity index (χ1v) is 4.94. The van der Waals surface area contributed by atoms with Gasteiger partial charge in [-0.2, -0.15) is 5.10 Å². The summed E-state index contributed by atoms with van der Waals surface area (Å²) in [7, 11) is 0. The average Bonchev–Trinajstić information content (AvgIpc) is 2.61. The molecule has 0 N–H and O–H groups in total. The summed E-state index contributed by atoms with van der Waals surface area (Å²) in [4.78, 5) is 5.67. The van der Waals surface area contributed by atoms with Crippen LogP contribution in [-0.4, -0.2) is 14.8 Å². The predicted molar refractivity (Wildman–Crippen MR) is 53.4 cm³/mol. The smallest absolute Gasteiger partial charge is 0.210 e. The maximum Gasteiger partial charge on any atom is 0.210 e. The third-order valence-electron chi connectivity index (χ3n) is 1.92. The van der Waals surface area contributed by atoms with Gasteiger partial charge >= 0.3 is 0 Å². The van der Waals surface area contributed by atoms with Crippen molar-refractivity contribution in [3.63, 3.8) is 0 Å². The Kier molecular flexibility index (Phi) is 1.92. The lowest BCUT2D eigenvalue weighted by molar-refractivity contribution is 0.864. The lowest BCUT2D eigenvalue weighted by atomic mass is 10.4. The number of hydrogen-bond acceptors (Lipinski definition) is 3. The molecule has 0 radical (unpaired) electrons. The molecule has 68 valence electrons. The number of hydrogen-bond donors (Lipinski definition) is 0. The van der Waals surface area contributed by atoms with Gasteiger partial charge in [-0.05, 0) is 26.3 Å². The van der Waals surface area contributed by atoms with Crippen LogP contribution in [-0.2, 0) is 0 Å². The summed E-state index contributed by atoms with van der Waals surface area (Å²) >= 11 is 1.67. The van der Waals surface area contributed by atoms with Crippen LogP contribution in [0.3, 0.4) is 0 Å². The van der Waals surface area contributed by atoms with Crippen molar-refractivity contribution in [1.29, 1.82) is 0 Å². The Hall–Kier alpha value is -1.16. The summed E-state index contributed by atoms with van der Waals surface area (Å²) < 4.78 is 1.82. The molecule has 0 amide bonds. The number of aryl methyl sites for hydroxylation is 3. The van der Waals surface area contributed by atoms with Gasteiger partial charge < -0.3 is 0 Å². The van der Waals surface area contributed by atoms with Crippen molar-refractivity contribution in [1.82, 2.24) is 14.8 Å². The molecule has 0 bridgehead atoms. The van der Waals surface area contributed by atoms with Crippen molar-refractivity contribution in [3.05, 3.63) is 28.5 Å². The van der Waals surface area contributed by atoms with Crippen molar-refractivity contribution in [2.24, 2.45) is 0 Å². The normalized spacial score (nSPS) is 10.7. The standard InChI is InChI=1S/C9H11N3S/c1-6-4-10-12(5-6)9-11-7(2)8(3)13-9/h4-5H,1-3H3. The van der Waals surface area contributed by atoms with Gasteiger partial charge in [-0.1, -0.05) is 11.3 Å². The molecule has 0 aromatic carbocycles. The van der Waals surface area contributed by atoms with E-state index < -0.39 is 0 Å². The largest absolute Gasteiger partial charge is 0.223 e. The molecule has 0 unspecified atom stereocenters. The summed E-state index contributed by atoms with van der Waals surface area (Å²) in [6.45, 7) is 6.12. The Morgan fingerprint density at radius 3 is 2.54 bits per heavy atom. The van der Waals surface area contributed by atoms with Crippen molar-refractivity contribution in [2.45, 2.75) is 20.8 Å². The first kappa shape index (κ1) is 8.44. The van der Waals surface area contributed by atoms with Crippen molar-refractivity contribution in [2.75, 3.05) is 0 Å². The third-order valence-corrected chi connectivity index (χ3v) is 2.99. The molecule has 0 aliphatic heterocycles. The second kappa shape index (κ2) is 2.96. The van der Waals surface area contributed by atoms with E-state index in [2.05, 4.69) is 17.0 Å². The molecule has 13 heavy (non-hydrogen) atoms. The molecule has 0 saturated carbocycles. The fraction of sp³-hybridized carbons (Fsp3) is 0.333. The van der Waals surface area contributed by atoms with Crippen LogP contribution < -0.4 is 0 Å². The van der Waals surface area contributed by atoms with Crippen LogP contribution in [0, 0.1) is 20.8 Å². The molecule has 2 heterocycles. The zero-order valence-electron chi connectivity index (χ0n) is 7.90. The van der Waals surface area contributed by atoms with E-state index in [4.69, 9.17) is 0 Å². The Morgan fingerprint density at radius 2 is 2.08 bits per heavy atom. The van der Waals surface area contributed by atoms with E-state index in [1.54, 1.807) is 11.3 Å². The number of aromatic nitrogens is 3. The molecule has 0 saturated heterocycles. The van der Waals surface area contributed by atoms with E-state index in [1.807, 2.05) is 30.9 Å². The maximum absolute atomic E-state index is 4.41. The van der Waals surface area contributed by atoms with Gasteiger partial charge in [-0.3, -0.25) is 0 Å². The van der Waals surface area contributed by atoms with E-state index in [0.717, 1.165) is 16.4 Å². The highest BCUT2D eigenvalue weighted by molar-refractivity contribution is 7.14. The minimum atomic E-state index is 0.947. The van der Waals surface area contributed by atoms with Crippen LogP contribution in [0.5, 0.6) is 0 Å². The van der Waals surface area contributed by atoms with E-state index in [1.165, 1.54) is 4.88 Å². The molecule has 4 heteroatoms. The highest BCUT2D eigenvalue weighted by atomic mass is 32.1. The van der Waals surface area contributed by atoms with Gasteiger partial charge in [0.15, 0.2) is 0 Å². The molecule has 2 rings (SSSR count). The summed E-state index contributed by atoms with van der Waals surface area (Å²) in [5.74, 6) is 0. The van der Waals surface area contributed by atoms with Gasteiger partial charge in [-0.15, -0.1) is 0 Å². The van der Waals surface area contributed by atoms with Crippen molar-refractivity contribution < 1.29 is 0 Å². The molecular weight excluding hydrogens is 182 g/mol. The fourth-order valence-corrected chi connectivity index (χ4v) is 1.91. The Labute approximate surface area is 81.1 Å². The SMILES string of the molecule is Cc1cnn(-c2nc(C)c(C)s2)c1. The highest BCUT2D eigenvalue weighted by Crippen LogP contribution is 2.19. The third kappa shape index (κ3) is 1.49. The molecule has 2 aromatic rings. The van der Waals surface area contributed by atoms with Gasteiger partial charge in [0.1, 0.15) is 0 Å². The first-order chi connectivity index (χ1) is 6.16. The Morgan fingerprint density at radius 1 is 1.31 bits per heavy atom. The zero-order chi connectivity index (χ0) is 9.42. The van der Waals surface area contributed by atoms with Crippen molar-refractivity contribution >= 4 is 11.3 Å². The lowest BCUT2D eigenvalue weighted by Crippen LogP contribution is -1.92. The summed E-state index contributed by atoms with van der Waals surface area (Å²) in [6, 6.07) is 0. The molecule has 0 fully saturated rings. The van der Waals surface area contributed by atoms with E-state index in [0.29, 0.717) is 0 Å². The van der Waals surface area contributed by atoms with Gasteiger partial charge in [0.2, 0.25) is 5.13 Å². The predicted octanol–water partition coefficient (Wildman–Crippen LogP) is 2.25. The van der Waals surface area contributed by atoms with Gasteiger partial charge in [0.25, 0.3) is 0 Å². The van der Waals surface area contributed by atoms with Crippen molar-refractivity contribution in [3.8, 4) is 5.13 Å². The molecule has 2 aromatic heterocycles. The number of rotatable bonds is 1. The number of thiazole rings is 1. The molecule has 0 atom stereocenters. The Balaban J connectivity index is 2.46. The Bertz CT molecular complexity index is 408. The highest BCUT2D eigenvalue weighted by Gasteiger charge is 2.05. The molecule has 3 nitrogen and oxygen atoms in total. The van der Waals surface area contributed by atoms with Crippen LogP contribution in [0.1, 0.15) is 16.1 Å². The van der Waals surface area contributed by atoms with E-state index >= 15 is 0 Å². The van der Waals surface area contributed by atoms with Crippen LogP contribution >= 0.6 is 11.3 Å². The van der Waals surface area contributed by atoms with E-state index in [9.17, 15) is 0 Å². The van der Waals surface area contributed by atoms with Gasteiger partial charge in [0, 0.05) is 11.1 Å². The lowest BCUT2D eigenvalue weighted by Gasteiger charge is -1.91. The summed E-state index contributed by atoms with van der Waals surface area (Å²) in [5, 5.41) is 5.15. The topological polar surface area (TPSA) is 30.7 Å². The maximum atomic E-state index is 4.41. The quantitative estimate of drug-likeness (QED) is 0.695. The van der Waals surface area contributed by atoms with Crippen LogP contribution in [0.4, 0.5) is 0 Å². The van der Waals surface area contributed by atoms with Crippen LogP contribution in [0.15, 0.2) is 12.4 Å². The minimum absolute atomic E-state index is 0.947. The summed E-state index contributed by atoms with van der Waals surface area (Å²) in [5.41, 5.74) is 2.25.